The minimum atomic E-state index is -0.580. The summed E-state index contributed by atoms with van der Waals surface area (Å²) in [4.78, 5) is 35.1. The van der Waals surface area contributed by atoms with E-state index < -0.39 is 11.9 Å². The summed E-state index contributed by atoms with van der Waals surface area (Å²) < 4.78 is 4.72. The van der Waals surface area contributed by atoms with Crippen molar-refractivity contribution in [2.75, 3.05) is 17.2 Å². The van der Waals surface area contributed by atoms with Crippen LogP contribution in [0.15, 0.2) is 54.6 Å². The Bertz CT molecular complexity index is 729. The van der Waals surface area contributed by atoms with E-state index in [-0.39, 0.29) is 18.9 Å². The summed E-state index contributed by atoms with van der Waals surface area (Å²) in [7, 11) is 0. The molecule has 0 aromatic heterocycles. The van der Waals surface area contributed by atoms with Crippen molar-refractivity contribution in [1.82, 2.24) is 0 Å². The van der Waals surface area contributed by atoms with Crippen molar-refractivity contribution in [3.05, 3.63) is 60.2 Å². The van der Waals surface area contributed by atoms with Gasteiger partial charge in [-0.25, -0.2) is 0 Å². The van der Waals surface area contributed by atoms with E-state index in [9.17, 15) is 14.4 Å². The van der Waals surface area contributed by atoms with E-state index in [0.717, 1.165) is 0 Å². The maximum atomic E-state index is 12.1. The van der Waals surface area contributed by atoms with E-state index in [1.54, 1.807) is 55.5 Å². The van der Waals surface area contributed by atoms with Crippen molar-refractivity contribution in [1.29, 1.82) is 0 Å². The Morgan fingerprint density at radius 1 is 0.917 bits per heavy atom. The van der Waals surface area contributed by atoms with Gasteiger partial charge in [-0.2, -0.15) is 0 Å². The van der Waals surface area contributed by atoms with Crippen molar-refractivity contribution in [2.24, 2.45) is 0 Å². The van der Waals surface area contributed by atoms with Crippen LogP contribution in [0.5, 0.6) is 0 Å². The Morgan fingerprint density at radius 2 is 1.58 bits per heavy atom. The second-order valence-electron chi connectivity index (χ2n) is 4.93. The first-order valence-electron chi connectivity index (χ1n) is 7.50. The molecule has 0 aliphatic heterocycles. The Labute approximate surface area is 139 Å². The molecule has 0 saturated heterocycles. The molecular formula is C18H18N2O4. The molecule has 0 spiro atoms. The molecule has 2 aromatic rings. The molecule has 2 rings (SSSR count). The zero-order chi connectivity index (χ0) is 17.4. The summed E-state index contributed by atoms with van der Waals surface area (Å²) in [5.74, 6) is -1.30. The highest BCUT2D eigenvalue weighted by Gasteiger charge is 2.11. The van der Waals surface area contributed by atoms with Crippen LogP contribution in [0.2, 0.25) is 0 Å². The van der Waals surface area contributed by atoms with Crippen LogP contribution in [0.25, 0.3) is 0 Å². The summed E-state index contributed by atoms with van der Waals surface area (Å²) in [6.07, 6.45) is -0.353. The monoisotopic (exact) mass is 326 g/mol. The number of carbonyl (C=O) groups excluding carboxylic acids is 3. The Balaban J connectivity index is 1.97. The fraction of sp³-hybridized carbons (Fsp3) is 0.167. The molecule has 0 atom stereocenters. The van der Waals surface area contributed by atoms with Gasteiger partial charge in [0.1, 0.15) is 6.42 Å². The first-order chi connectivity index (χ1) is 11.6. The van der Waals surface area contributed by atoms with E-state index >= 15 is 0 Å². The van der Waals surface area contributed by atoms with Gasteiger partial charge in [0.2, 0.25) is 5.91 Å². The minimum absolute atomic E-state index is 0.229. The number of esters is 1. The normalized spacial score (nSPS) is 9.88. The number of anilines is 2. The number of nitrogens with one attached hydrogen (secondary N) is 2. The summed E-state index contributed by atoms with van der Waals surface area (Å²) in [6, 6.07) is 15.5. The van der Waals surface area contributed by atoms with E-state index in [0.29, 0.717) is 16.9 Å². The number of carbonyl (C=O) groups is 3. The number of ether oxygens (including phenoxy) is 1. The summed E-state index contributed by atoms with van der Waals surface area (Å²) in [6.45, 7) is 1.90. The lowest BCUT2D eigenvalue weighted by molar-refractivity contribution is -0.145. The van der Waals surface area contributed by atoms with Gasteiger partial charge in [-0.1, -0.05) is 24.3 Å². The molecule has 124 valence electrons. The molecular weight excluding hydrogens is 308 g/mol. The molecule has 6 nitrogen and oxygen atoms in total. The van der Waals surface area contributed by atoms with Gasteiger partial charge in [0.15, 0.2) is 0 Å². The smallest absolute Gasteiger partial charge is 0.315 e. The van der Waals surface area contributed by atoms with Crippen LogP contribution < -0.4 is 10.6 Å². The van der Waals surface area contributed by atoms with Crippen molar-refractivity contribution in [3.8, 4) is 0 Å². The zero-order valence-corrected chi connectivity index (χ0v) is 13.2. The molecule has 0 saturated carbocycles. The van der Waals surface area contributed by atoms with Gasteiger partial charge in [0.05, 0.1) is 6.61 Å². The van der Waals surface area contributed by atoms with Gasteiger partial charge >= 0.3 is 5.97 Å². The highest BCUT2D eigenvalue weighted by Crippen LogP contribution is 2.16. The van der Waals surface area contributed by atoms with Crippen molar-refractivity contribution in [3.63, 3.8) is 0 Å². The topological polar surface area (TPSA) is 84.5 Å². The minimum Gasteiger partial charge on any atom is -0.466 e. The zero-order valence-electron chi connectivity index (χ0n) is 13.2. The van der Waals surface area contributed by atoms with Gasteiger partial charge in [-0.15, -0.1) is 0 Å². The molecule has 0 heterocycles. The molecule has 24 heavy (non-hydrogen) atoms. The predicted octanol–water partition coefficient (Wildman–Crippen LogP) is 2.83. The second kappa shape index (κ2) is 8.47. The Kier molecular flexibility index (Phi) is 6.08. The Morgan fingerprint density at radius 3 is 2.25 bits per heavy atom. The number of benzene rings is 2. The van der Waals surface area contributed by atoms with Crippen LogP contribution in [0.4, 0.5) is 11.4 Å². The van der Waals surface area contributed by atoms with Gasteiger partial charge in [0.25, 0.3) is 5.91 Å². The molecule has 0 unspecified atom stereocenters. The highest BCUT2D eigenvalue weighted by molar-refractivity contribution is 6.05. The first kappa shape index (κ1) is 17.2. The van der Waals surface area contributed by atoms with E-state index in [4.69, 9.17) is 4.74 Å². The summed E-state index contributed by atoms with van der Waals surface area (Å²) in [5, 5.41) is 5.34. The van der Waals surface area contributed by atoms with Crippen molar-refractivity contribution >= 4 is 29.2 Å². The van der Waals surface area contributed by atoms with Crippen molar-refractivity contribution < 1.29 is 19.1 Å². The lowest BCUT2D eigenvalue weighted by Gasteiger charge is -2.09. The third-order valence-electron chi connectivity index (χ3n) is 3.05. The van der Waals surface area contributed by atoms with Gasteiger partial charge in [0, 0.05) is 16.9 Å². The second-order valence-corrected chi connectivity index (χ2v) is 4.93. The SMILES string of the molecule is CCOC(=O)CC(=O)Nc1cccc(NC(=O)c2ccccc2)c1. The van der Waals surface area contributed by atoms with Crippen LogP contribution in [0.3, 0.4) is 0 Å². The van der Waals surface area contributed by atoms with Crippen molar-refractivity contribution in [2.45, 2.75) is 13.3 Å². The lowest BCUT2D eigenvalue weighted by atomic mass is 10.2. The Hall–Kier alpha value is -3.15. The van der Waals surface area contributed by atoms with E-state index in [2.05, 4.69) is 10.6 Å². The van der Waals surface area contributed by atoms with E-state index in [1.807, 2.05) is 6.07 Å². The molecule has 2 amide bonds. The average molecular weight is 326 g/mol. The standard InChI is InChI=1S/C18H18N2O4/c1-2-24-17(22)12-16(21)19-14-9-6-10-15(11-14)20-18(23)13-7-4-3-5-8-13/h3-11H,2,12H2,1H3,(H,19,21)(H,20,23). The molecule has 2 aromatic carbocycles. The molecule has 0 fully saturated rings. The van der Waals surface area contributed by atoms with Crippen LogP contribution in [0.1, 0.15) is 23.7 Å². The molecule has 0 bridgehead atoms. The summed E-state index contributed by atoms with van der Waals surface area (Å²) in [5.41, 5.74) is 1.56. The molecule has 2 N–H and O–H groups in total. The summed E-state index contributed by atoms with van der Waals surface area (Å²) >= 11 is 0. The number of rotatable bonds is 6. The number of amides is 2. The number of hydrogen-bond donors (Lipinski definition) is 2. The maximum Gasteiger partial charge on any atom is 0.315 e. The lowest BCUT2D eigenvalue weighted by Crippen LogP contribution is -2.18. The highest BCUT2D eigenvalue weighted by atomic mass is 16.5. The fourth-order valence-corrected chi connectivity index (χ4v) is 2.02. The molecule has 6 heteroatoms. The van der Waals surface area contributed by atoms with E-state index in [1.165, 1.54) is 0 Å². The average Bonchev–Trinajstić information content (AvgIpc) is 2.56. The predicted molar refractivity (Wildman–Crippen MR) is 90.7 cm³/mol. The number of hydrogen-bond acceptors (Lipinski definition) is 4. The fourth-order valence-electron chi connectivity index (χ4n) is 2.02. The van der Waals surface area contributed by atoms with Gasteiger partial charge < -0.3 is 15.4 Å². The maximum absolute atomic E-state index is 12.1. The molecule has 0 aliphatic rings. The quantitative estimate of drug-likeness (QED) is 0.631. The van der Waals surface area contributed by atoms with Gasteiger partial charge in [-0.3, -0.25) is 14.4 Å². The third kappa shape index (κ3) is 5.24. The third-order valence-corrected chi connectivity index (χ3v) is 3.05. The molecule has 0 aliphatic carbocycles. The first-order valence-corrected chi connectivity index (χ1v) is 7.50. The van der Waals surface area contributed by atoms with Crippen LogP contribution in [0, 0.1) is 0 Å². The molecule has 0 radical (unpaired) electrons. The largest absolute Gasteiger partial charge is 0.466 e. The van der Waals surface area contributed by atoms with Crippen LogP contribution >= 0.6 is 0 Å². The van der Waals surface area contributed by atoms with Crippen LogP contribution in [-0.4, -0.2) is 24.4 Å². The van der Waals surface area contributed by atoms with Gasteiger partial charge in [-0.05, 0) is 37.3 Å². The van der Waals surface area contributed by atoms with Crippen LogP contribution in [-0.2, 0) is 14.3 Å².